The van der Waals surface area contributed by atoms with E-state index in [0.29, 0.717) is 102 Å². The number of fused-ring (bicyclic) bond motifs is 2. The Balaban J connectivity index is 0.733. The van der Waals surface area contributed by atoms with E-state index in [0.717, 1.165) is 71.5 Å². The predicted molar refractivity (Wildman–Crippen MR) is 272 cm³/mol. The van der Waals surface area contributed by atoms with Crippen LogP contribution in [0.4, 0.5) is 0 Å². The highest BCUT2D eigenvalue weighted by molar-refractivity contribution is 5.83. The summed E-state index contributed by atoms with van der Waals surface area (Å²) in [5.74, 6) is -1.42. The van der Waals surface area contributed by atoms with E-state index in [1.165, 1.54) is 0 Å². The maximum atomic E-state index is 13.4. The highest BCUT2D eigenvalue weighted by Gasteiger charge is 2.28. The van der Waals surface area contributed by atoms with Gasteiger partial charge in [0.1, 0.15) is 24.3 Å². The van der Waals surface area contributed by atoms with E-state index in [1.807, 2.05) is 85.9 Å². The molecule has 0 aliphatic carbocycles. The molecule has 3 aliphatic rings. The molecule has 0 saturated carbocycles. The van der Waals surface area contributed by atoms with Gasteiger partial charge in [-0.2, -0.15) is 10.5 Å². The second-order valence-corrected chi connectivity index (χ2v) is 19.1. The van der Waals surface area contributed by atoms with Crippen molar-refractivity contribution in [3.63, 3.8) is 0 Å². The van der Waals surface area contributed by atoms with Gasteiger partial charge in [0.15, 0.2) is 11.2 Å². The molecule has 5 heterocycles. The number of carbonyl (C=O) groups is 2. The van der Waals surface area contributed by atoms with Crippen LogP contribution in [0.1, 0.15) is 17.5 Å². The Hall–Kier alpha value is -6.94. The van der Waals surface area contributed by atoms with Crippen LogP contribution in [0.5, 0.6) is 0 Å². The largest absolute Gasteiger partial charge is 0.419 e. The fraction of sp³-hybridized carbons (Fsp3) is 0.444. The maximum absolute atomic E-state index is 13.4. The van der Waals surface area contributed by atoms with Crippen LogP contribution in [0, 0.1) is 28.6 Å². The Morgan fingerprint density at radius 1 is 0.685 bits per heavy atom. The van der Waals surface area contributed by atoms with Crippen LogP contribution < -0.4 is 32.8 Å². The van der Waals surface area contributed by atoms with Gasteiger partial charge in [0, 0.05) is 90.8 Å². The number of ether oxygens (including phenoxy) is 3. The zero-order valence-corrected chi connectivity index (χ0v) is 41.1. The van der Waals surface area contributed by atoms with Gasteiger partial charge in [0.2, 0.25) is 0 Å². The summed E-state index contributed by atoms with van der Waals surface area (Å²) >= 11 is 0. The quantitative estimate of drug-likeness (QED) is 0.0970. The predicted octanol–water partition coefficient (Wildman–Crippen LogP) is 2.89. The van der Waals surface area contributed by atoms with Crippen LogP contribution in [0.3, 0.4) is 0 Å². The van der Waals surface area contributed by atoms with Gasteiger partial charge >= 0.3 is 11.5 Å². The molecule has 1 unspecified atom stereocenters. The van der Waals surface area contributed by atoms with E-state index < -0.39 is 30.0 Å². The van der Waals surface area contributed by atoms with Gasteiger partial charge in [-0.15, -0.1) is 0 Å². The third-order valence-corrected chi connectivity index (χ3v) is 13.8. The molecule has 3 saturated heterocycles. The molecule has 2 amide bonds. The first-order valence-electron chi connectivity index (χ1n) is 25.1. The van der Waals surface area contributed by atoms with E-state index >= 15 is 0 Å². The molecule has 4 N–H and O–H groups in total. The number of hydrogen-bond acceptors (Lipinski definition) is 15. The molecule has 382 valence electrons. The summed E-state index contributed by atoms with van der Waals surface area (Å²) in [6.07, 6.45) is 0.0800. The number of nitrogens with one attached hydrogen (secondary N) is 4. The van der Waals surface area contributed by atoms with Gasteiger partial charge in [0.05, 0.1) is 43.0 Å². The highest BCUT2D eigenvalue weighted by Crippen LogP contribution is 2.27. The number of oxazole rings is 2. The number of carbonyl (C=O) groups excluding carboxylic acids is 2. The summed E-state index contributed by atoms with van der Waals surface area (Å²) in [7, 11) is 1.98. The Morgan fingerprint density at radius 3 is 1.79 bits per heavy atom. The molecule has 0 spiro atoms. The summed E-state index contributed by atoms with van der Waals surface area (Å²) in [6, 6.07) is 29.9. The number of rotatable bonds is 18. The molecule has 4 aromatic carbocycles. The molecule has 0 radical (unpaired) electrons. The minimum atomic E-state index is -0.773. The number of likely N-dealkylation sites (N-methyl/N-ethyl adjacent to an activating group) is 1. The SMILES string of the molecule is CN(CCn1c(=O)oc2ccc(-c3ccc(C[C@@H](C#N)NC(=O)[C@@H]4CNCCCO4)cc3)cc21)CC1CNC[C@@H](C(=O)N[C@H](C#N)Cc2ccc(-c3ccc4oc(=O)n(CCN5CCOCC5)c4c3)cc2)OC1. The van der Waals surface area contributed by atoms with Crippen molar-refractivity contribution >= 4 is 34.0 Å². The Labute approximate surface area is 422 Å². The lowest BCUT2D eigenvalue weighted by Crippen LogP contribution is -2.46. The van der Waals surface area contributed by atoms with E-state index in [-0.39, 0.29) is 23.5 Å². The van der Waals surface area contributed by atoms with Crippen molar-refractivity contribution in [1.82, 2.24) is 40.2 Å². The van der Waals surface area contributed by atoms with Crippen LogP contribution in [-0.4, -0.2) is 147 Å². The molecule has 0 bridgehead atoms. The first-order chi connectivity index (χ1) is 35.6. The van der Waals surface area contributed by atoms with Crippen LogP contribution in [0.15, 0.2) is 103 Å². The number of nitrogens with zero attached hydrogens (tertiary/aromatic N) is 6. The molecule has 73 heavy (non-hydrogen) atoms. The van der Waals surface area contributed by atoms with Crippen molar-refractivity contribution in [2.24, 2.45) is 5.92 Å². The molecule has 3 aliphatic heterocycles. The van der Waals surface area contributed by atoms with E-state index in [1.54, 1.807) is 15.2 Å². The molecule has 6 aromatic rings. The summed E-state index contributed by atoms with van der Waals surface area (Å²) in [5, 5.41) is 32.1. The van der Waals surface area contributed by atoms with E-state index in [9.17, 15) is 29.7 Å². The standard InChI is InChI=1S/C54H62N10O9/c1-61(16-18-63-45-27-41(11-13-47(45)72-53(63)67)39-7-3-36(4-8-39)25-43(29-55)59-51(65)49-32-57-15-2-22-70-49)34-38-31-58-33-50(71-35-38)52(66)60-44(30-56)26-37-5-9-40(10-6-37)42-12-14-48-46(28-42)64(54(68)73-48)19-17-62-20-23-69-24-21-62/h3-14,27-28,38,43-44,49-50,57-58H,2,15-26,31-35H2,1H3,(H,59,65)(H,60,66)/t38?,43-,44-,49-,50-/m0/s1. The third-order valence-electron chi connectivity index (χ3n) is 13.8. The van der Waals surface area contributed by atoms with Crippen molar-refractivity contribution in [1.29, 1.82) is 10.5 Å². The molecule has 3 fully saturated rings. The van der Waals surface area contributed by atoms with Crippen molar-refractivity contribution in [3.8, 4) is 34.4 Å². The molecular formula is C54H62N10O9. The Kier molecular flexibility index (Phi) is 16.9. The second-order valence-electron chi connectivity index (χ2n) is 19.1. The molecule has 19 heteroatoms. The van der Waals surface area contributed by atoms with Crippen LogP contribution in [0.2, 0.25) is 0 Å². The minimum Gasteiger partial charge on any atom is -0.408 e. The zero-order chi connectivity index (χ0) is 50.7. The monoisotopic (exact) mass is 994 g/mol. The smallest absolute Gasteiger partial charge is 0.408 e. The van der Waals surface area contributed by atoms with Crippen molar-refractivity contribution < 1.29 is 32.6 Å². The minimum absolute atomic E-state index is 0.0600. The average Bonchev–Trinajstić information content (AvgIpc) is 3.60. The number of benzene rings is 4. The number of nitriles is 2. The zero-order valence-electron chi connectivity index (χ0n) is 41.1. The Morgan fingerprint density at radius 2 is 1.22 bits per heavy atom. The van der Waals surface area contributed by atoms with Gasteiger partial charge in [0.25, 0.3) is 11.8 Å². The molecule has 5 atom stereocenters. The lowest BCUT2D eigenvalue weighted by atomic mass is 10.0. The van der Waals surface area contributed by atoms with Gasteiger partial charge < -0.3 is 49.2 Å². The van der Waals surface area contributed by atoms with Crippen LogP contribution >= 0.6 is 0 Å². The van der Waals surface area contributed by atoms with Gasteiger partial charge in [-0.05, 0) is 77.7 Å². The van der Waals surface area contributed by atoms with Gasteiger partial charge in [-0.25, -0.2) is 9.59 Å². The van der Waals surface area contributed by atoms with Crippen molar-refractivity contribution in [2.45, 2.75) is 56.6 Å². The fourth-order valence-corrected chi connectivity index (χ4v) is 9.66. The number of hydrogen-bond donors (Lipinski definition) is 4. The normalized spacial score (nSPS) is 19.6. The Bertz CT molecular complexity index is 3050. The molecule has 9 rings (SSSR count). The maximum Gasteiger partial charge on any atom is 0.419 e. The van der Waals surface area contributed by atoms with Gasteiger partial charge in [-0.1, -0.05) is 60.7 Å². The number of aromatic nitrogens is 2. The van der Waals surface area contributed by atoms with Gasteiger partial charge in [-0.3, -0.25) is 23.6 Å². The topological polar surface area (TPSA) is 234 Å². The molecular weight excluding hydrogens is 933 g/mol. The van der Waals surface area contributed by atoms with E-state index in [4.69, 9.17) is 23.0 Å². The lowest BCUT2D eigenvalue weighted by molar-refractivity contribution is -0.133. The summed E-state index contributed by atoms with van der Waals surface area (Å²) < 4.78 is 31.7. The number of amides is 2. The van der Waals surface area contributed by atoms with Crippen LogP contribution in [-0.2, 0) is 49.7 Å². The lowest BCUT2D eigenvalue weighted by Gasteiger charge is -2.26. The first-order valence-corrected chi connectivity index (χ1v) is 25.1. The highest BCUT2D eigenvalue weighted by atomic mass is 16.5. The average molecular weight is 995 g/mol. The van der Waals surface area contributed by atoms with Crippen LogP contribution in [0.25, 0.3) is 44.5 Å². The van der Waals surface area contributed by atoms with Crippen molar-refractivity contribution in [2.75, 3.05) is 92.4 Å². The molecule has 19 nitrogen and oxygen atoms in total. The summed E-state index contributed by atoms with van der Waals surface area (Å²) in [5.41, 5.74) is 7.91. The van der Waals surface area contributed by atoms with E-state index in [2.05, 4.69) is 43.2 Å². The second kappa shape index (κ2) is 24.2. The third kappa shape index (κ3) is 13.0. The molecule has 2 aromatic heterocycles. The summed E-state index contributed by atoms with van der Waals surface area (Å²) in [4.78, 5) is 56.4. The fourth-order valence-electron chi connectivity index (χ4n) is 9.66. The van der Waals surface area contributed by atoms with Crippen molar-refractivity contribution in [3.05, 3.63) is 117 Å². The number of morpholine rings is 1. The summed E-state index contributed by atoms with van der Waals surface area (Å²) in [6.45, 7) is 8.83. The first kappa shape index (κ1) is 51.0.